The van der Waals surface area contributed by atoms with Crippen LogP contribution in [0.25, 0.3) is 0 Å². The predicted octanol–water partition coefficient (Wildman–Crippen LogP) is 2.75. The van der Waals surface area contributed by atoms with Gasteiger partial charge >= 0.3 is 0 Å². The van der Waals surface area contributed by atoms with Gasteiger partial charge in [-0.2, -0.15) is 0 Å². The Morgan fingerprint density at radius 3 is 2.69 bits per heavy atom. The molecule has 0 bridgehead atoms. The van der Waals surface area contributed by atoms with Crippen LogP contribution < -0.4 is 0 Å². The summed E-state index contributed by atoms with van der Waals surface area (Å²) in [5, 5.41) is 0. The minimum Gasteiger partial charge on any atom is -0.372 e. The number of hydrogen-bond acceptors (Lipinski definition) is 1. The Balaban J connectivity index is 2.14. The summed E-state index contributed by atoms with van der Waals surface area (Å²) in [4.78, 5) is 0. The number of epoxide rings is 1. The van der Waals surface area contributed by atoms with Crippen LogP contribution in [0.3, 0.4) is 0 Å². The summed E-state index contributed by atoms with van der Waals surface area (Å²) in [5.74, 6) is 0.513. The first-order valence-electron chi connectivity index (χ1n) is 4.69. The van der Waals surface area contributed by atoms with E-state index in [0.29, 0.717) is 12.0 Å². The van der Waals surface area contributed by atoms with Crippen LogP contribution in [0, 0.1) is 0 Å². The number of allylic oxidation sites excluding steroid dienone is 1. The molecule has 13 heavy (non-hydrogen) atoms. The van der Waals surface area contributed by atoms with Gasteiger partial charge in [0.15, 0.2) is 0 Å². The van der Waals surface area contributed by atoms with Crippen molar-refractivity contribution in [1.29, 1.82) is 0 Å². The maximum absolute atomic E-state index is 5.33. The highest BCUT2D eigenvalue weighted by molar-refractivity contribution is 5.22. The van der Waals surface area contributed by atoms with Crippen molar-refractivity contribution in [3.05, 3.63) is 48.6 Å². The molecule has 0 saturated carbocycles. The summed E-state index contributed by atoms with van der Waals surface area (Å²) in [5.41, 5.74) is 1.37. The van der Waals surface area contributed by atoms with E-state index in [1.165, 1.54) is 5.56 Å². The second-order valence-electron chi connectivity index (χ2n) is 3.41. The van der Waals surface area contributed by atoms with Gasteiger partial charge in [0.05, 0.1) is 12.7 Å². The minimum atomic E-state index is 0.431. The Bertz CT molecular complexity index is 274. The summed E-state index contributed by atoms with van der Waals surface area (Å²) in [6, 6.07) is 10.5. The first-order valence-corrected chi connectivity index (χ1v) is 4.69. The Morgan fingerprint density at radius 2 is 2.15 bits per heavy atom. The van der Waals surface area contributed by atoms with E-state index < -0.39 is 0 Å². The lowest BCUT2D eigenvalue weighted by Gasteiger charge is -2.11. The molecule has 1 nitrogen and oxygen atoms in total. The van der Waals surface area contributed by atoms with Crippen LogP contribution >= 0.6 is 0 Å². The molecule has 1 aliphatic heterocycles. The van der Waals surface area contributed by atoms with Crippen LogP contribution in [0.5, 0.6) is 0 Å². The molecule has 0 aromatic heterocycles. The van der Waals surface area contributed by atoms with Gasteiger partial charge in [-0.25, -0.2) is 0 Å². The average Bonchev–Trinajstić information content (AvgIpc) is 2.99. The first kappa shape index (κ1) is 8.52. The Labute approximate surface area is 79.0 Å². The van der Waals surface area contributed by atoms with Crippen LogP contribution in [-0.4, -0.2) is 12.7 Å². The Hall–Kier alpha value is -1.08. The van der Waals surface area contributed by atoms with Crippen molar-refractivity contribution in [2.45, 2.75) is 18.4 Å². The molecule has 1 aliphatic rings. The fourth-order valence-electron chi connectivity index (χ4n) is 1.67. The van der Waals surface area contributed by atoms with Crippen molar-refractivity contribution in [2.24, 2.45) is 0 Å². The molecule has 1 heterocycles. The molecule has 2 rings (SSSR count). The van der Waals surface area contributed by atoms with Gasteiger partial charge in [0.2, 0.25) is 0 Å². The highest BCUT2D eigenvalue weighted by Gasteiger charge is 2.32. The number of benzene rings is 1. The zero-order valence-electron chi connectivity index (χ0n) is 7.65. The van der Waals surface area contributed by atoms with Crippen LogP contribution in [-0.2, 0) is 4.74 Å². The standard InChI is InChI=1S/C12H14O/c1-2-6-11(12-9-13-12)10-7-4-3-5-8-10/h2-5,7-8,11-12H,1,6,9H2. The highest BCUT2D eigenvalue weighted by atomic mass is 16.6. The number of rotatable bonds is 4. The Kier molecular flexibility index (Phi) is 2.46. The van der Waals surface area contributed by atoms with Crippen molar-refractivity contribution < 1.29 is 4.74 Å². The maximum atomic E-state index is 5.33. The van der Waals surface area contributed by atoms with Crippen LogP contribution in [0.1, 0.15) is 17.9 Å². The normalized spacial score (nSPS) is 22.3. The highest BCUT2D eigenvalue weighted by Crippen LogP contribution is 2.32. The quantitative estimate of drug-likeness (QED) is 0.505. The van der Waals surface area contributed by atoms with E-state index in [-0.39, 0.29) is 0 Å². The molecule has 1 saturated heterocycles. The molecular formula is C12H14O. The van der Waals surface area contributed by atoms with E-state index in [9.17, 15) is 0 Å². The monoisotopic (exact) mass is 174 g/mol. The van der Waals surface area contributed by atoms with Crippen molar-refractivity contribution >= 4 is 0 Å². The maximum Gasteiger partial charge on any atom is 0.0881 e. The van der Waals surface area contributed by atoms with Gasteiger partial charge in [-0.15, -0.1) is 6.58 Å². The van der Waals surface area contributed by atoms with Gasteiger partial charge < -0.3 is 4.74 Å². The van der Waals surface area contributed by atoms with Crippen LogP contribution in [0.2, 0.25) is 0 Å². The summed E-state index contributed by atoms with van der Waals surface area (Å²) < 4.78 is 5.33. The van der Waals surface area contributed by atoms with E-state index in [4.69, 9.17) is 4.74 Å². The largest absolute Gasteiger partial charge is 0.372 e. The third-order valence-corrected chi connectivity index (χ3v) is 2.46. The van der Waals surface area contributed by atoms with E-state index in [0.717, 1.165) is 13.0 Å². The van der Waals surface area contributed by atoms with Gasteiger partial charge in [0, 0.05) is 5.92 Å². The summed E-state index contributed by atoms with van der Waals surface area (Å²) >= 11 is 0. The zero-order chi connectivity index (χ0) is 9.10. The minimum absolute atomic E-state index is 0.431. The molecular weight excluding hydrogens is 160 g/mol. The van der Waals surface area contributed by atoms with Gasteiger partial charge in [-0.3, -0.25) is 0 Å². The average molecular weight is 174 g/mol. The van der Waals surface area contributed by atoms with Crippen molar-refractivity contribution in [3.8, 4) is 0 Å². The molecule has 0 amide bonds. The lowest BCUT2D eigenvalue weighted by molar-refractivity contribution is 0.374. The van der Waals surface area contributed by atoms with E-state index >= 15 is 0 Å². The second kappa shape index (κ2) is 3.75. The summed E-state index contributed by atoms with van der Waals surface area (Å²) in [6.45, 7) is 4.69. The third-order valence-electron chi connectivity index (χ3n) is 2.46. The predicted molar refractivity (Wildman–Crippen MR) is 53.7 cm³/mol. The fourth-order valence-corrected chi connectivity index (χ4v) is 1.67. The fraction of sp³-hybridized carbons (Fsp3) is 0.333. The van der Waals surface area contributed by atoms with Gasteiger partial charge in [-0.05, 0) is 12.0 Å². The zero-order valence-corrected chi connectivity index (χ0v) is 7.65. The lowest BCUT2D eigenvalue weighted by atomic mass is 9.93. The molecule has 68 valence electrons. The molecule has 1 fully saturated rings. The molecule has 1 aromatic carbocycles. The molecule has 2 unspecified atom stereocenters. The molecule has 0 radical (unpaired) electrons. The van der Waals surface area contributed by atoms with Crippen LogP contribution in [0.4, 0.5) is 0 Å². The first-order chi connectivity index (χ1) is 6.42. The van der Waals surface area contributed by atoms with E-state index in [1.54, 1.807) is 0 Å². The molecule has 2 atom stereocenters. The summed E-state index contributed by atoms with van der Waals surface area (Å²) in [7, 11) is 0. The van der Waals surface area contributed by atoms with E-state index in [2.05, 4.69) is 30.8 Å². The topological polar surface area (TPSA) is 12.5 Å². The third kappa shape index (κ3) is 1.99. The second-order valence-corrected chi connectivity index (χ2v) is 3.41. The molecule has 0 N–H and O–H groups in total. The summed E-state index contributed by atoms with van der Waals surface area (Å²) in [6.07, 6.45) is 3.41. The Morgan fingerprint density at radius 1 is 1.46 bits per heavy atom. The SMILES string of the molecule is C=CCC(c1ccccc1)C1CO1. The van der Waals surface area contributed by atoms with Gasteiger partial charge in [-0.1, -0.05) is 36.4 Å². The molecule has 0 spiro atoms. The van der Waals surface area contributed by atoms with Crippen molar-refractivity contribution in [2.75, 3.05) is 6.61 Å². The van der Waals surface area contributed by atoms with E-state index in [1.807, 2.05) is 12.1 Å². The number of ether oxygens (including phenoxy) is 1. The van der Waals surface area contributed by atoms with Crippen molar-refractivity contribution in [1.82, 2.24) is 0 Å². The molecule has 1 heteroatoms. The number of hydrogen-bond donors (Lipinski definition) is 0. The van der Waals surface area contributed by atoms with Crippen molar-refractivity contribution in [3.63, 3.8) is 0 Å². The lowest BCUT2D eigenvalue weighted by Crippen LogP contribution is -2.04. The smallest absolute Gasteiger partial charge is 0.0881 e. The molecule has 1 aromatic rings. The van der Waals surface area contributed by atoms with Gasteiger partial charge in [0.25, 0.3) is 0 Å². The van der Waals surface area contributed by atoms with Crippen LogP contribution in [0.15, 0.2) is 43.0 Å². The van der Waals surface area contributed by atoms with Gasteiger partial charge in [0.1, 0.15) is 0 Å². The molecule has 0 aliphatic carbocycles.